The van der Waals surface area contributed by atoms with Gasteiger partial charge in [0.15, 0.2) is 6.46 Å². The predicted molar refractivity (Wildman–Crippen MR) is 86.9 cm³/mol. The summed E-state index contributed by atoms with van der Waals surface area (Å²) in [5, 5.41) is 0. The molecule has 19 heavy (non-hydrogen) atoms. The zero-order valence-corrected chi connectivity index (χ0v) is 13.7. The molecule has 102 valence electrons. The van der Waals surface area contributed by atoms with Gasteiger partial charge in [-0.2, -0.15) is 0 Å². The Balaban J connectivity index is 2.06. The van der Waals surface area contributed by atoms with E-state index in [1.165, 1.54) is 31.2 Å². The molecule has 3 heteroatoms. The van der Waals surface area contributed by atoms with Crippen LogP contribution in [0, 0.1) is 20.8 Å². The van der Waals surface area contributed by atoms with Crippen LogP contribution >= 0.6 is 18.7 Å². The fourth-order valence-corrected chi connectivity index (χ4v) is 10.00. The summed E-state index contributed by atoms with van der Waals surface area (Å²) in [6.07, 6.45) is 4.94. The van der Waals surface area contributed by atoms with Crippen molar-refractivity contribution in [3.63, 3.8) is 0 Å². The summed E-state index contributed by atoms with van der Waals surface area (Å²) in [7, 11) is 0. The van der Waals surface area contributed by atoms with Crippen LogP contribution in [0.3, 0.4) is 0 Å². The quantitative estimate of drug-likeness (QED) is 0.604. The number of aryl methyl sites for hydroxylation is 3. The lowest BCUT2D eigenvalue weighted by molar-refractivity contribution is 0.107. The molecular weight excluding hydrogens is 271 g/mol. The highest BCUT2D eigenvalue weighted by atomic mass is 32.7. The number of fused-ring (bicyclic) bond motifs is 2. The first-order valence-corrected chi connectivity index (χ1v) is 10.3. The van der Waals surface area contributed by atoms with Crippen molar-refractivity contribution in [3.05, 3.63) is 34.4 Å². The van der Waals surface area contributed by atoms with E-state index in [1.807, 2.05) is 0 Å². The third-order valence-corrected chi connectivity index (χ3v) is 11.6. The highest BCUT2D eigenvalue weighted by Gasteiger charge is 2.65. The monoisotopic (exact) mass is 293 g/mol. The van der Waals surface area contributed by atoms with Crippen LogP contribution in [-0.4, -0.2) is 16.8 Å². The predicted octanol–water partition coefficient (Wildman–Crippen LogP) is 4.94. The van der Waals surface area contributed by atoms with Gasteiger partial charge in [-0.1, -0.05) is 17.7 Å². The molecule has 3 rings (SSSR count). The van der Waals surface area contributed by atoms with E-state index in [0.717, 1.165) is 16.7 Å². The van der Waals surface area contributed by atoms with E-state index in [-0.39, 0.29) is 0 Å². The van der Waals surface area contributed by atoms with E-state index in [9.17, 15) is 4.79 Å². The van der Waals surface area contributed by atoms with Gasteiger partial charge < -0.3 is 0 Å². The first-order chi connectivity index (χ1) is 8.94. The molecule has 0 amide bonds. The zero-order valence-electron chi connectivity index (χ0n) is 11.9. The van der Waals surface area contributed by atoms with Gasteiger partial charge in [0, 0.05) is 12.2 Å². The normalized spacial score (nSPS) is 32.8. The maximum Gasteiger partial charge on any atom is 0.310 e. The third-order valence-electron chi connectivity index (χ3n) is 5.00. The molecule has 2 saturated heterocycles. The molecule has 0 unspecified atom stereocenters. The molecule has 2 bridgehead atoms. The molecule has 1 aromatic carbocycles. The minimum absolute atomic E-state index is 0.399. The number of hydrogen-bond donors (Lipinski definition) is 1. The van der Waals surface area contributed by atoms with Gasteiger partial charge in [0.2, 0.25) is 0 Å². The Bertz CT molecular complexity index is 509. The maximum atomic E-state index is 13.2. The average molecular weight is 293 g/mol. The second-order valence-electron chi connectivity index (χ2n) is 6.28. The second kappa shape index (κ2) is 4.60. The lowest BCUT2D eigenvalue weighted by Gasteiger charge is -2.20. The Hall–Kier alpha value is -0.330. The number of benzene rings is 1. The summed E-state index contributed by atoms with van der Waals surface area (Å²) in [5.74, 6) is 0. The molecule has 0 aromatic heterocycles. The van der Waals surface area contributed by atoms with Crippen LogP contribution in [0.2, 0.25) is 0 Å². The van der Waals surface area contributed by atoms with Gasteiger partial charge in [0.05, 0.1) is 16.9 Å². The van der Waals surface area contributed by atoms with Crippen LogP contribution in [0.1, 0.15) is 52.7 Å². The minimum Gasteiger partial charge on any atom is -0.246 e. The number of carbonyl (C=O) groups excluding carboxylic acids is 1. The first kappa shape index (κ1) is 13.6. The van der Waals surface area contributed by atoms with Crippen molar-refractivity contribution >= 4 is 24.2 Å². The molecule has 0 saturated carbocycles. The summed E-state index contributed by atoms with van der Waals surface area (Å²) in [6, 6.07) is 4.27. The maximum absolute atomic E-state index is 13.2. The van der Waals surface area contributed by atoms with Crippen molar-refractivity contribution in [2.24, 2.45) is 0 Å². The van der Waals surface area contributed by atoms with E-state index in [0.29, 0.717) is 16.8 Å². The van der Waals surface area contributed by atoms with Crippen molar-refractivity contribution < 1.29 is 4.79 Å². The van der Waals surface area contributed by atoms with Crippen molar-refractivity contribution in [2.75, 3.05) is 0 Å². The Labute approximate surface area is 121 Å². The molecular formula is C16H22OPS+. The molecule has 2 fully saturated rings. The number of carbonyl (C=O) groups is 1. The van der Waals surface area contributed by atoms with Gasteiger partial charge in [0.25, 0.3) is 0 Å². The first-order valence-electron chi connectivity index (χ1n) is 7.18. The summed E-state index contributed by atoms with van der Waals surface area (Å²) >= 11 is 5.02. The van der Waals surface area contributed by atoms with E-state index in [1.54, 1.807) is 0 Å². The van der Waals surface area contributed by atoms with Crippen molar-refractivity contribution in [1.29, 1.82) is 0 Å². The Morgan fingerprint density at radius 1 is 1.05 bits per heavy atom. The summed E-state index contributed by atoms with van der Waals surface area (Å²) < 4.78 is 0. The van der Waals surface area contributed by atoms with E-state index in [4.69, 9.17) is 12.2 Å². The van der Waals surface area contributed by atoms with Crippen LogP contribution in [0.15, 0.2) is 12.1 Å². The molecule has 2 aliphatic heterocycles. The number of thiol groups is 1. The molecule has 0 aliphatic carbocycles. The number of hydrogen-bond acceptors (Lipinski definition) is 2. The van der Waals surface area contributed by atoms with Crippen molar-refractivity contribution in [1.82, 2.24) is 0 Å². The lowest BCUT2D eigenvalue weighted by atomic mass is 10.0. The molecule has 0 atom stereocenters. The molecule has 1 nitrogen and oxygen atoms in total. The minimum atomic E-state index is -1.72. The van der Waals surface area contributed by atoms with Crippen LogP contribution in [0.5, 0.6) is 0 Å². The Kier molecular flexibility index (Phi) is 3.30. The van der Waals surface area contributed by atoms with Gasteiger partial charge in [-0.3, -0.25) is 0 Å². The Morgan fingerprint density at radius 3 is 1.89 bits per heavy atom. The summed E-state index contributed by atoms with van der Waals surface area (Å²) in [5.41, 5.74) is 6.11. The highest BCUT2D eigenvalue weighted by molar-refractivity contribution is 8.59. The van der Waals surface area contributed by atoms with Crippen LogP contribution in [-0.2, 0) is 0 Å². The molecule has 2 heterocycles. The van der Waals surface area contributed by atoms with Crippen molar-refractivity contribution in [2.45, 2.75) is 57.8 Å². The smallest absolute Gasteiger partial charge is 0.246 e. The average Bonchev–Trinajstić information content (AvgIpc) is 2.82. The Morgan fingerprint density at radius 2 is 1.47 bits per heavy atom. The van der Waals surface area contributed by atoms with Crippen LogP contribution in [0.25, 0.3) is 0 Å². The van der Waals surface area contributed by atoms with Crippen LogP contribution < -0.4 is 0 Å². The topological polar surface area (TPSA) is 17.1 Å². The standard InChI is InChI=1S/C16H22OPS/c1-10-8-11(2)15(12(3)9-10)16(17)18(19)13-4-5-14(18)7-6-13/h8-9,13-14,19H,4-7H2,1-3H3/q+1. The largest absolute Gasteiger partial charge is 0.310 e. The van der Waals surface area contributed by atoms with Gasteiger partial charge in [-0.15, -0.1) is 0 Å². The van der Waals surface area contributed by atoms with Crippen LogP contribution in [0.4, 0.5) is 0 Å². The highest BCUT2D eigenvalue weighted by Crippen LogP contribution is 2.83. The molecule has 1 aromatic rings. The molecule has 0 spiro atoms. The molecule has 2 aliphatic rings. The third kappa shape index (κ3) is 1.91. The van der Waals surface area contributed by atoms with E-state index in [2.05, 4.69) is 32.9 Å². The van der Waals surface area contributed by atoms with Gasteiger partial charge in [0.1, 0.15) is 0 Å². The fraction of sp³-hybridized carbons (Fsp3) is 0.562. The van der Waals surface area contributed by atoms with Gasteiger partial charge in [-0.05, 0) is 57.6 Å². The molecule has 0 N–H and O–H groups in total. The fourth-order valence-electron chi connectivity index (χ4n) is 4.17. The summed E-state index contributed by atoms with van der Waals surface area (Å²) in [4.78, 5) is 13.2. The molecule has 0 radical (unpaired) electrons. The van der Waals surface area contributed by atoms with Gasteiger partial charge in [-0.25, -0.2) is 4.79 Å². The number of rotatable bonds is 2. The van der Waals surface area contributed by atoms with Gasteiger partial charge >= 0.3 is 5.52 Å². The van der Waals surface area contributed by atoms with E-state index >= 15 is 0 Å². The zero-order chi connectivity index (χ0) is 13.8. The summed E-state index contributed by atoms with van der Waals surface area (Å²) in [6.45, 7) is 4.53. The van der Waals surface area contributed by atoms with E-state index < -0.39 is 6.46 Å². The SMILES string of the molecule is Cc1cc(C)c(C(=O)[P+]2(S)C3CCC2CC3)c(C)c1. The lowest BCUT2D eigenvalue weighted by Crippen LogP contribution is -2.14. The second-order valence-corrected chi connectivity index (χ2v) is 11.6. The van der Waals surface area contributed by atoms with Crippen molar-refractivity contribution in [3.8, 4) is 0 Å².